The fourth-order valence-corrected chi connectivity index (χ4v) is 2.25. The van der Waals surface area contributed by atoms with E-state index in [0.717, 1.165) is 12.5 Å². The first-order valence-corrected chi connectivity index (χ1v) is 4.51. The van der Waals surface area contributed by atoms with E-state index in [2.05, 4.69) is 11.0 Å². The molecule has 2 bridgehead atoms. The van der Waals surface area contributed by atoms with Gasteiger partial charge in [-0.3, -0.25) is 0 Å². The molecule has 0 radical (unpaired) electrons. The monoisotopic (exact) mass is 152 g/mol. The average Bonchev–Trinajstić information content (AvgIpc) is 2.40. The van der Waals surface area contributed by atoms with E-state index in [4.69, 9.17) is 5.73 Å². The van der Waals surface area contributed by atoms with Gasteiger partial charge in [-0.05, 0) is 25.3 Å². The minimum absolute atomic E-state index is 0.728. The Hall–Kier alpha value is -0.340. The fourth-order valence-electron chi connectivity index (χ4n) is 2.25. The van der Waals surface area contributed by atoms with Gasteiger partial charge < -0.3 is 10.6 Å². The summed E-state index contributed by atoms with van der Waals surface area (Å²) in [5.41, 5.74) is 7.13. The van der Waals surface area contributed by atoms with E-state index >= 15 is 0 Å². The van der Waals surface area contributed by atoms with E-state index in [1.54, 1.807) is 5.57 Å². The second-order valence-electron chi connectivity index (χ2n) is 3.55. The van der Waals surface area contributed by atoms with E-state index in [1.165, 1.54) is 32.5 Å². The molecule has 2 fully saturated rings. The molecule has 2 unspecified atom stereocenters. The molecule has 2 saturated heterocycles. The SMILES string of the molecule is NC/C=C1/CCN2CCC1C2. The van der Waals surface area contributed by atoms with Gasteiger partial charge in [-0.25, -0.2) is 0 Å². The topological polar surface area (TPSA) is 29.3 Å². The van der Waals surface area contributed by atoms with E-state index in [9.17, 15) is 0 Å². The van der Waals surface area contributed by atoms with Crippen LogP contribution in [0.25, 0.3) is 0 Å². The van der Waals surface area contributed by atoms with E-state index in [-0.39, 0.29) is 0 Å². The van der Waals surface area contributed by atoms with Gasteiger partial charge in [0.2, 0.25) is 0 Å². The molecule has 2 heteroatoms. The maximum Gasteiger partial charge on any atom is 0.0109 e. The van der Waals surface area contributed by atoms with Gasteiger partial charge in [-0.15, -0.1) is 0 Å². The summed E-state index contributed by atoms with van der Waals surface area (Å²) in [5, 5.41) is 0. The highest BCUT2D eigenvalue weighted by Crippen LogP contribution is 2.30. The summed E-state index contributed by atoms with van der Waals surface area (Å²) >= 11 is 0. The smallest absolute Gasteiger partial charge is 0.0109 e. The van der Waals surface area contributed by atoms with Crippen LogP contribution in [0.2, 0.25) is 0 Å². The number of hydrogen-bond acceptors (Lipinski definition) is 2. The third-order valence-corrected chi connectivity index (χ3v) is 2.89. The molecule has 2 aliphatic heterocycles. The lowest BCUT2D eigenvalue weighted by atomic mass is 9.93. The largest absolute Gasteiger partial charge is 0.327 e. The highest BCUT2D eigenvalue weighted by Gasteiger charge is 2.29. The van der Waals surface area contributed by atoms with Crippen molar-refractivity contribution in [3.05, 3.63) is 11.6 Å². The van der Waals surface area contributed by atoms with Crippen LogP contribution in [0, 0.1) is 5.92 Å². The van der Waals surface area contributed by atoms with Crippen LogP contribution in [0.1, 0.15) is 12.8 Å². The molecule has 0 aromatic rings. The van der Waals surface area contributed by atoms with Crippen molar-refractivity contribution >= 4 is 0 Å². The maximum absolute atomic E-state index is 5.50. The van der Waals surface area contributed by atoms with Crippen LogP contribution in [0.15, 0.2) is 11.6 Å². The van der Waals surface area contributed by atoms with Crippen LogP contribution >= 0.6 is 0 Å². The summed E-state index contributed by atoms with van der Waals surface area (Å²) in [4.78, 5) is 2.55. The zero-order valence-corrected chi connectivity index (χ0v) is 6.92. The van der Waals surface area contributed by atoms with Gasteiger partial charge in [0, 0.05) is 19.6 Å². The van der Waals surface area contributed by atoms with Crippen LogP contribution in [-0.2, 0) is 0 Å². The van der Waals surface area contributed by atoms with Crippen LogP contribution < -0.4 is 5.73 Å². The third kappa shape index (κ3) is 1.33. The number of nitrogens with zero attached hydrogens (tertiary/aromatic N) is 1. The summed E-state index contributed by atoms with van der Waals surface area (Å²) in [6.07, 6.45) is 4.86. The number of nitrogens with two attached hydrogens (primary N) is 1. The molecular formula is C9H16N2. The summed E-state index contributed by atoms with van der Waals surface area (Å²) < 4.78 is 0. The number of fused-ring (bicyclic) bond motifs is 2. The Bertz CT molecular complexity index is 174. The number of hydrogen-bond donors (Lipinski definition) is 1. The zero-order valence-electron chi connectivity index (χ0n) is 6.92. The van der Waals surface area contributed by atoms with Crippen molar-refractivity contribution in [2.45, 2.75) is 12.8 Å². The van der Waals surface area contributed by atoms with E-state index in [1.807, 2.05) is 0 Å². The van der Waals surface area contributed by atoms with Gasteiger partial charge in [-0.1, -0.05) is 11.6 Å². The molecule has 0 aromatic carbocycles. The highest BCUT2D eigenvalue weighted by atomic mass is 15.2. The highest BCUT2D eigenvalue weighted by molar-refractivity contribution is 5.13. The molecular weight excluding hydrogens is 136 g/mol. The molecule has 2 N–H and O–H groups in total. The first kappa shape index (κ1) is 7.32. The van der Waals surface area contributed by atoms with Crippen molar-refractivity contribution < 1.29 is 0 Å². The van der Waals surface area contributed by atoms with Gasteiger partial charge in [0.25, 0.3) is 0 Å². The molecule has 0 aliphatic carbocycles. The van der Waals surface area contributed by atoms with E-state index in [0.29, 0.717) is 0 Å². The van der Waals surface area contributed by atoms with Crippen molar-refractivity contribution in [2.75, 3.05) is 26.2 Å². The first-order chi connectivity index (χ1) is 5.40. The molecule has 0 aromatic heterocycles. The summed E-state index contributed by atoms with van der Waals surface area (Å²) in [6, 6.07) is 0. The second kappa shape index (κ2) is 2.95. The fraction of sp³-hybridized carbons (Fsp3) is 0.778. The number of piperidine rings is 1. The lowest BCUT2D eigenvalue weighted by Crippen LogP contribution is -2.27. The zero-order chi connectivity index (χ0) is 7.68. The minimum atomic E-state index is 0.728. The number of rotatable bonds is 1. The Morgan fingerprint density at radius 2 is 2.45 bits per heavy atom. The van der Waals surface area contributed by atoms with Crippen LogP contribution in [-0.4, -0.2) is 31.1 Å². The Balaban J connectivity index is 2.07. The van der Waals surface area contributed by atoms with Crippen molar-refractivity contribution in [3.63, 3.8) is 0 Å². The lowest BCUT2D eigenvalue weighted by Gasteiger charge is -2.24. The Labute approximate surface area is 68.1 Å². The van der Waals surface area contributed by atoms with Crippen LogP contribution in [0.4, 0.5) is 0 Å². The van der Waals surface area contributed by atoms with Crippen molar-refractivity contribution in [1.82, 2.24) is 4.90 Å². The molecule has 0 amide bonds. The van der Waals surface area contributed by atoms with Gasteiger partial charge in [0.15, 0.2) is 0 Å². The molecule has 0 spiro atoms. The molecule has 2 nitrogen and oxygen atoms in total. The lowest BCUT2D eigenvalue weighted by molar-refractivity contribution is 0.307. The Kier molecular flexibility index (Phi) is 1.96. The van der Waals surface area contributed by atoms with Crippen molar-refractivity contribution in [3.8, 4) is 0 Å². The molecule has 2 atom stereocenters. The molecule has 62 valence electrons. The average molecular weight is 152 g/mol. The minimum Gasteiger partial charge on any atom is -0.327 e. The van der Waals surface area contributed by atoms with Gasteiger partial charge >= 0.3 is 0 Å². The van der Waals surface area contributed by atoms with Crippen molar-refractivity contribution in [2.24, 2.45) is 11.7 Å². The molecule has 2 heterocycles. The van der Waals surface area contributed by atoms with Crippen molar-refractivity contribution in [1.29, 1.82) is 0 Å². The van der Waals surface area contributed by atoms with Gasteiger partial charge in [0.05, 0.1) is 0 Å². The maximum atomic E-state index is 5.50. The van der Waals surface area contributed by atoms with Crippen LogP contribution in [0.5, 0.6) is 0 Å². The van der Waals surface area contributed by atoms with Gasteiger partial charge in [0.1, 0.15) is 0 Å². The van der Waals surface area contributed by atoms with E-state index < -0.39 is 0 Å². The molecule has 0 saturated carbocycles. The summed E-state index contributed by atoms with van der Waals surface area (Å²) in [7, 11) is 0. The van der Waals surface area contributed by atoms with Gasteiger partial charge in [-0.2, -0.15) is 0 Å². The molecule has 2 rings (SSSR count). The summed E-state index contributed by atoms with van der Waals surface area (Å²) in [5.74, 6) is 0.854. The van der Waals surface area contributed by atoms with Crippen LogP contribution in [0.3, 0.4) is 0 Å². The predicted molar refractivity (Wildman–Crippen MR) is 46.3 cm³/mol. The predicted octanol–water partition coefficient (Wildman–Crippen LogP) is 0.597. The normalized spacial score (nSPS) is 39.9. The second-order valence-corrected chi connectivity index (χ2v) is 3.55. The Morgan fingerprint density at radius 3 is 3.27 bits per heavy atom. The summed E-state index contributed by atoms with van der Waals surface area (Å²) in [6.45, 7) is 4.60. The first-order valence-electron chi connectivity index (χ1n) is 4.51. The third-order valence-electron chi connectivity index (χ3n) is 2.89. The molecule has 2 aliphatic rings. The standard InChI is InChI=1S/C9H16N2/c10-4-1-8-2-5-11-6-3-9(8)7-11/h1,9H,2-7,10H2/b8-1-. The molecule has 11 heavy (non-hydrogen) atoms. The Morgan fingerprint density at radius 1 is 1.55 bits per heavy atom. The quantitative estimate of drug-likeness (QED) is 0.557.